The van der Waals surface area contributed by atoms with E-state index in [4.69, 9.17) is 5.26 Å². The van der Waals surface area contributed by atoms with Crippen LogP contribution in [0, 0.1) is 11.3 Å². The van der Waals surface area contributed by atoms with Crippen LogP contribution >= 0.6 is 0 Å². The Hall–Kier alpha value is -2.08. The molecule has 1 saturated carbocycles. The zero-order valence-electron chi connectivity index (χ0n) is 10.3. The zero-order chi connectivity index (χ0) is 13.0. The summed E-state index contributed by atoms with van der Waals surface area (Å²) in [4.78, 5) is 11.0. The third-order valence-electron chi connectivity index (χ3n) is 3.23. The second kappa shape index (κ2) is 5.05. The molecule has 3 nitrogen and oxygen atoms in total. The van der Waals surface area contributed by atoms with E-state index in [9.17, 15) is 4.79 Å². The van der Waals surface area contributed by atoms with Gasteiger partial charge in [0.2, 0.25) is 0 Å². The highest BCUT2D eigenvalue weighted by atomic mass is 16.5. The van der Waals surface area contributed by atoms with Crippen LogP contribution in [0.3, 0.4) is 0 Å². The largest absolute Gasteiger partial charge is 0.469 e. The Labute approximate surface area is 107 Å². The highest BCUT2D eigenvalue weighted by Crippen LogP contribution is 2.47. The van der Waals surface area contributed by atoms with E-state index in [1.54, 1.807) is 6.08 Å². The van der Waals surface area contributed by atoms with Gasteiger partial charge in [-0.2, -0.15) is 5.26 Å². The van der Waals surface area contributed by atoms with E-state index < -0.39 is 0 Å². The number of ether oxygens (including phenoxy) is 1. The predicted molar refractivity (Wildman–Crippen MR) is 68.6 cm³/mol. The molecule has 18 heavy (non-hydrogen) atoms. The summed E-state index contributed by atoms with van der Waals surface area (Å²) in [6.45, 7) is 0. The summed E-state index contributed by atoms with van der Waals surface area (Å²) in [5.41, 5.74) is 1.83. The first kappa shape index (κ1) is 12.4. The van der Waals surface area contributed by atoms with Gasteiger partial charge in [-0.1, -0.05) is 36.4 Å². The van der Waals surface area contributed by atoms with Crippen molar-refractivity contribution in [3.8, 4) is 6.07 Å². The Balaban J connectivity index is 2.09. The van der Waals surface area contributed by atoms with E-state index in [0.29, 0.717) is 0 Å². The maximum absolute atomic E-state index is 11.0. The van der Waals surface area contributed by atoms with Crippen LogP contribution in [-0.4, -0.2) is 13.1 Å². The zero-order valence-corrected chi connectivity index (χ0v) is 10.3. The smallest absolute Gasteiger partial charge is 0.309 e. The average molecular weight is 241 g/mol. The molecule has 92 valence electrons. The van der Waals surface area contributed by atoms with Gasteiger partial charge in [0.25, 0.3) is 0 Å². The number of benzene rings is 1. The molecule has 1 aromatic carbocycles. The van der Waals surface area contributed by atoms with Gasteiger partial charge in [-0.3, -0.25) is 4.79 Å². The molecule has 0 aliphatic heterocycles. The van der Waals surface area contributed by atoms with Crippen molar-refractivity contribution in [2.75, 3.05) is 7.11 Å². The normalized spacial score (nSPS) is 16.2. The molecule has 0 bridgehead atoms. The van der Waals surface area contributed by atoms with Crippen LogP contribution in [0.25, 0.3) is 6.08 Å². The summed E-state index contributed by atoms with van der Waals surface area (Å²) in [6, 6.07) is 10.3. The lowest BCUT2D eigenvalue weighted by Gasteiger charge is -2.06. The van der Waals surface area contributed by atoms with Crippen molar-refractivity contribution in [1.29, 1.82) is 5.26 Å². The highest BCUT2D eigenvalue weighted by Gasteiger charge is 2.44. The third-order valence-corrected chi connectivity index (χ3v) is 3.23. The van der Waals surface area contributed by atoms with Crippen LogP contribution in [0.1, 0.15) is 30.4 Å². The van der Waals surface area contributed by atoms with E-state index in [1.807, 2.05) is 30.3 Å². The van der Waals surface area contributed by atoms with Crippen LogP contribution in [0.5, 0.6) is 0 Å². The van der Waals surface area contributed by atoms with Crippen molar-refractivity contribution in [3.63, 3.8) is 0 Å². The molecule has 0 amide bonds. The lowest BCUT2D eigenvalue weighted by Crippen LogP contribution is -2.02. The number of methoxy groups -OCH3 is 1. The molecule has 0 heterocycles. The molecule has 0 spiro atoms. The number of esters is 1. The Morgan fingerprint density at radius 1 is 1.56 bits per heavy atom. The number of nitrogens with zero attached hydrogens (tertiary/aromatic N) is 1. The molecule has 0 unspecified atom stereocenters. The van der Waals surface area contributed by atoms with Crippen LogP contribution in [0.4, 0.5) is 0 Å². The molecular formula is C15H15NO2. The molecule has 0 radical (unpaired) electrons. The van der Waals surface area contributed by atoms with Crippen LogP contribution in [-0.2, 0) is 14.9 Å². The summed E-state index contributed by atoms with van der Waals surface area (Å²) in [6.07, 6.45) is 5.81. The predicted octanol–water partition coefficient (Wildman–Crippen LogP) is 2.82. The molecule has 1 aliphatic rings. The fourth-order valence-electron chi connectivity index (χ4n) is 1.90. The lowest BCUT2D eigenvalue weighted by molar-refractivity contribution is -0.139. The van der Waals surface area contributed by atoms with E-state index in [-0.39, 0.29) is 17.8 Å². The van der Waals surface area contributed by atoms with Crippen molar-refractivity contribution >= 4 is 12.0 Å². The summed E-state index contributed by atoms with van der Waals surface area (Å²) >= 11 is 0. The van der Waals surface area contributed by atoms with Gasteiger partial charge in [0.05, 0.1) is 25.0 Å². The second-order valence-corrected chi connectivity index (χ2v) is 4.50. The SMILES string of the molecule is COC(=O)CC=Cc1cccc(C2(C#N)CC2)c1. The van der Waals surface area contributed by atoms with E-state index >= 15 is 0 Å². The molecule has 1 aromatic rings. The van der Waals surface area contributed by atoms with Gasteiger partial charge in [0, 0.05) is 0 Å². The Morgan fingerprint density at radius 3 is 2.94 bits per heavy atom. The van der Waals surface area contributed by atoms with Gasteiger partial charge in [0.1, 0.15) is 0 Å². The molecule has 1 fully saturated rings. The lowest BCUT2D eigenvalue weighted by atomic mass is 9.96. The minimum atomic E-state index is -0.258. The summed E-state index contributed by atoms with van der Waals surface area (Å²) in [7, 11) is 1.38. The number of carbonyl (C=O) groups excluding carboxylic acids is 1. The van der Waals surface area contributed by atoms with Gasteiger partial charge in [0.15, 0.2) is 0 Å². The fraction of sp³-hybridized carbons (Fsp3) is 0.333. The Morgan fingerprint density at radius 2 is 2.33 bits per heavy atom. The summed E-state index contributed by atoms with van der Waals surface area (Å²) in [5.74, 6) is -0.252. The third kappa shape index (κ3) is 2.60. The first-order chi connectivity index (χ1) is 8.70. The highest BCUT2D eigenvalue weighted by molar-refractivity contribution is 5.72. The number of rotatable bonds is 4. The first-order valence-corrected chi connectivity index (χ1v) is 5.95. The van der Waals surface area contributed by atoms with Gasteiger partial charge in [-0.05, 0) is 24.0 Å². The summed E-state index contributed by atoms with van der Waals surface area (Å²) in [5, 5.41) is 9.15. The summed E-state index contributed by atoms with van der Waals surface area (Å²) < 4.78 is 4.56. The van der Waals surface area contributed by atoms with E-state index in [1.165, 1.54) is 7.11 Å². The molecular weight excluding hydrogens is 226 g/mol. The molecule has 0 aromatic heterocycles. The van der Waals surface area contributed by atoms with Crippen molar-refractivity contribution in [1.82, 2.24) is 0 Å². The maximum Gasteiger partial charge on any atom is 0.309 e. The number of carbonyl (C=O) groups is 1. The quantitative estimate of drug-likeness (QED) is 0.761. The van der Waals surface area contributed by atoms with Crippen molar-refractivity contribution in [3.05, 3.63) is 41.5 Å². The second-order valence-electron chi connectivity index (χ2n) is 4.50. The van der Waals surface area contributed by atoms with Crippen molar-refractivity contribution in [2.45, 2.75) is 24.7 Å². The molecule has 2 rings (SSSR count). The van der Waals surface area contributed by atoms with Crippen LogP contribution in [0.15, 0.2) is 30.3 Å². The molecule has 0 saturated heterocycles. The number of hydrogen-bond acceptors (Lipinski definition) is 3. The Bertz CT molecular complexity index is 522. The topological polar surface area (TPSA) is 50.1 Å². The molecule has 1 aliphatic carbocycles. The maximum atomic E-state index is 11.0. The van der Waals surface area contributed by atoms with Crippen LogP contribution < -0.4 is 0 Å². The number of nitriles is 1. The minimum Gasteiger partial charge on any atom is -0.469 e. The minimum absolute atomic E-state index is 0.252. The monoisotopic (exact) mass is 241 g/mol. The van der Waals surface area contributed by atoms with Crippen molar-refractivity contribution in [2.24, 2.45) is 0 Å². The van der Waals surface area contributed by atoms with Gasteiger partial charge in [-0.15, -0.1) is 0 Å². The van der Waals surface area contributed by atoms with E-state index in [0.717, 1.165) is 24.0 Å². The van der Waals surface area contributed by atoms with Gasteiger partial charge >= 0.3 is 5.97 Å². The van der Waals surface area contributed by atoms with E-state index in [2.05, 4.69) is 10.8 Å². The molecule has 3 heteroatoms. The van der Waals surface area contributed by atoms with Gasteiger partial charge < -0.3 is 4.74 Å². The Kier molecular flexibility index (Phi) is 3.47. The fourth-order valence-corrected chi connectivity index (χ4v) is 1.90. The van der Waals surface area contributed by atoms with Gasteiger partial charge in [-0.25, -0.2) is 0 Å². The first-order valence-electron chi connectivity index (χ1n) is 5.95. The standard InChI is InChI=1S/C15H15NO2/c1-18-14(17)7-3-5-12-4-2-6-13(10-12)15(11-16)8-9-15/h2-6,10H,7-9H2,1H3. The van der Waals surface area contributed by atoms with Crippen molar-refractivity contribution < 1.29 is 9.53 Å². The number of hydrogen-bond donors (Lipinski definition) is 0. The average Bonchev–Trinajstić information content (AvgIpc) is 3.20. The molecule has 0 N–H and O–H groups in total. The van der Waals surface area contributed by atoms with Crippen LogP contribution in [0.2, 0.25) is 0 Å². The molecule has 0 atom stereocenters.